The summed E-state index contributed by atoms with van der Waals surface area (Å²) >= 11 is 0. The Morgan fingerprint density at radius 3 is 2.35 bits per heavy atom. The molecule has 0 aliphatic carbocycles. The van der Waals surface area contributed by atoms with E-state index in [0.29, 0.717) is 23.8 Å². The summed E-state index contributed by atoms with van der Waals surface area (Å²) in [6, 6.07) is 11.3. The first-order valence-electron chi connectivity index (χ1n) is 7.88. The molecule has 0 unspecified atom stereocenters. The summed E-state index contributed by atoms with van der Waals surface area (Å²) in [7, 11) is 0. The van der Waals surface area contributed by atoms with E-state index in [2.05, 4.69) is 5.32 Å². The van der Waals surface area contributed by atoms with Gasteiger partial charge in [-0.25, -0.2) is 0 Å². The van der Waals surface area contributed by atoms with Crippen LogP contribution >= 0.6 is 0 Å². The average Bonchev–Trinajstić information content (AvgIpc) is 2.98. The summed E-state index contributed by atoms with van der Waals surface area (Å²) in [5.74, 6) is 0.611. The molecule has 1 aromatic heterocycles. The standard InChI is InChI=1S/C19H23NO3/c1-12(2)11-20-19(22)16-10-17(14(4)21)23-18(16)13(3)15-8-6-5-7-9-15/h5-10,12-13H,11H2,1-4H3,(H,20,22)/t13-/m0/s1. The molecule has 122 valence electrons. The van der Waals surface area contributed by atoms with Gasteiger partial charge in [0.15, 0.2) is 11.5 Å². The number of furan rings is 1. The number of carbonyl (C=O) groups is 2. The molecule has 0 saturated heterocycles. The van der Waals surface area contributed by atoms with Gasteiger partial charge in [-0.3, -0.25) is 9.59 Å². The van der Waals surface area contributed by atoms with Crippen LogP contribution < -0.4 is 5.32 Å². The Labute approximate surface area is 136 Å². The largest absolute Gasteiger partial charge is 0.456 e. The van der Waals surface area contributed by atoms with Gasteiger partial charge in [-0.15, -0.1) is 0 Å². The molecule has 0 spiro atoms. The highest BCUT2D eigenvalue weighted by Crippen LogP contribution is 2.29. The fraction of sp³-hybridized carbons (Fsp3) is 0.368. The van der Waals surface area contributed by atoms with Crippen LogP contribution in [0, 0.1) is 5.92 Å². The molecule has 0 aliphatic rings. The van der Waals surface area contributed by atoms with E-state index >= 15 is 0 Å². The number of hydrogen-bond acceptors (Lipinski definition) is 3. The third-order valence-electron chi connectivity index (χ3n) is 3.72. The van der Waals surface area contributed by atoms with Crippen molar-refractivity contribution in [3.05, 3.63) is 59.0 Å². The van der Waals surface area contributed by atoms with E-state index in [9.17, 15) is 9.59 Å². The zero-order valence-corrected chi connectivity index (χ0v) is 14.1. The molecule has 1 N–H and O–H groups in total. The normalized spacial score (nSPS) is 12.2. The molecule has 23 heavy (non-hydrogen) atoms. The lowest BCUT2D eigenvalue weighted by atomic mass is 9.96. The third-order valence-corrected chi connectivity index (χ3v) is 3.72. The molecule has 0 fully saturated rings. The molecular weight excluding hydrogens is 290 g/mol. The van der Waals surface area contributed by atoms with Crippen molar-refractivity contribution in [1.29, 1.82) is 0 Å². The van der Waals surface area contributed by atoms with Gasteiger partial charge in [0.25, 0.3) is 5.91 Å². The first-order chi connectivity index (χ1) is 10.9. The third kappa shape index (κ3) is 4.09. The predicted octanol–water partition coefficient (Wildman–Crippen LogP) is 4.02. The summed E-state index contributed by atoms with van der Waals surface area (Å²) in [6.45, 7) is 8.05. The van der Waals surface area contributed by atoms with Crippen LogP contribution in [0.4, 0.5) is 0 Å². The van der Waals surface area contributed by atoms with E-state index in [1.807, 2.05) is 51.1 Å². The molecule has 1 atom stereocenters. The van der Waals surface area contributed by atoms with Gasteiger partial charge < -0.3 is 9.73 Å². The van der Waals surface area contributed by atoms with Crippen LogP contribution in [0.3, 0.4) is 0 Å². The monoisotopic (exact) mass is 313 g/mol. The van der Waals surface area contributed by atoms with Crippen molar-refractivity contribution in [1.82, 2.24) is 5.32 Å². The van der Waals surface area contributed by atoms with Gasteiger partial charge in [0.05, 0.1) is 5.56 Å². The number of hydrogen-bond donors (Lipinski definition) is 1. The number of ketones is 1. The van der Waals surface area contributed by atoms with Crippen molar-refractivity contribution in [2.24, 2.45) is 5.92 Å². The van der Waals surface area contributed by atoms with Gasteiger partial charge in [-0.2, -0.15) is 0 Å². The lowest BCUT2D eigenvalue weighted by Crippen LogP contribution is -2.27. The van der Waals surface area contributed by atoms with E-state index in [1.165, 1.54) is 6.92 Å². The highest BCUT2D eigenvalue weighted by molar-refractivity contribution is 5.99. The van der Waals surface area contributed by atoms with E-state index in [-0.39, 0.29) is 23.4 Å². The molecule has 1 aromatic carbocycles. The maximum atomic E-state index is 12.5. The molecule has 0 radical (unpaired) electrons. The number of amides is 1. The molecule has 1 amide bonds. The average molecular weight is 313 g/mol. The Bertz CT molecular complexity index is 686. The van der Waals surface area contributed by atoms with Crippen LogP contribution in [0.25, 0.3) is 0 Å². The smallest absolute Gasteiger partial charge is 0.254 e. The van der Waals surface area contributed by atoms with Crippen molar-refractivity contribution in [3.8, 4) is 0 Å². The highest BCUT2D eigenvalue weighted by atomic mass is 16.3. The second-order valence-corrected chi connectivity index (χ2v) is 6.18. The summed E-state index contributed by atoms with van der Waals surface area (Å²) < 4.78 is 5.71. The maximum absolute atomic E-state index is 12.5. The number of benzene rings is 1. The highest BCUT2D eigenvalue weighted by Gasteiger charge is 2.24. The zero-order valence-electron chi connectivity index (χ0n) is 14.1. The number of Topliss-reactive ketones (excluding diaryl/α,β-unsaturated/α-hetero) is 1. The molecule has 4 heteroatoms. The molecule has 2 aromatic rings. The molecule has 0 bridgehead atoms. The van der Waals surface area contributed by atoms with Crippen molar-refractivity contribution in [3.63, 3.8) is 0 Å². The quantitative estimate of drug-likeness (QED) is 0.819. The minimum Gasteiger partial charge on any atom is -0.456 e. The van der Waals surface area contributed by atoms with Crippen LogP contribution in [0.15, 0.2) is 40.8 Å². The first-order valence-corrected chi connectivity index (χ1v) is 7.88. The van der Waals surface area contributed by atoms with Gasteiger partial charge in [0.1, 0.15) is 5.76 Å². The van der Waals surface area contributed by atoms with E-state index in [1.54, 1.807) is 6.07 Å². The zero-order chi connectivity index (χ0) is 17.0. The molecule has 1 heterocycles. The first kappa shape index (κ1) is 17.0. The Morgan fingerprint density at radius 1 is 1.13 bits per heavy atom. The van der Waals surface area contributed by atoms with E-state index in [0.717, 1.165) is 5.56 Å². The van der Waals surface area contributed by atoms with E-state index in [4.69, 9.17) is 4.42 Å². The lowest BCUT2D eigenvalue weighted by molar-refractivity contribution is 0.0944. The molecule has 0 saturated carbocycles. The Morgan fingerprint density at radius 2 is 1.78 bits per heavy atom. The number of carbonyl (C=O) groups excluding carboxylic acids is 2. The topological polar surface area (TPSA) is 59.3 Å². The maximum Gasteiger partial charge on any atom is 0.254 e. The summed E-state index contributed by atoms with van der Waals surface area (Å²) in [5, 5.41) is 2.89. The minimum atomic E-state index is -0.201. The van der Waals surface area contributed by atoms with Crippen LogP contribution in [-0.4, -0.2) is 18.2 Å². The van der Waals surface area contributed by atoms with Gasteiger partial charge in [0, 0.05) is 25.5 Å². The van der Waals surface area contributed by atoms with Crippen LogP contribution in [0.1, 0.15) is 65.8 Å². The summed E-state index contributed by atoms with van der Waals surface area (Å²) in [4.78, 5) is 24.1. The van der Waals surface area contributed by atoms with Gasteiger partial charge in [-0.1, -0.05) is 51.1 Å². The van der Waals surface area contributed by atoms with E-state index < -0.39 is 0 Å². The fourth-order valence-electron chi connectivity index (χ4n) is 2.36. The van der Waals surface area contributed by atoms with Crippen LogP contribution in [-0.2, 0) is 0 Å². The summed E-state index contributed by atoms with van der Waals surface area (Å²) in [5.41, 5.74) is 1.47. The fourth-order valence-corrected chi connectivity index (χ4v) is 2.36. The molecule has 2 rings (SSSR count). The van der Waals surface area contributed by atoms with Crippen LogP contribution in [0.5, 0.6) is 0 Å². The van der Waals surface area contributed by atoms with Crippen molar-refractivity contribution >= 4 is 11.7 Å². The predicted molar refractivity (Wildman–Crippen MR) is 89.8 cm³/mol. The van der Waals surface area contributed by atoms with Gasteiger partial charge in [0.2, 0.25) is 0 Å². The SMILES string of the molecule is CC(=O)c1cc(C(=O)NCC(C)C)c([C@@H](C)c2ccccc2)o1. The number of rotatable bonds is 6. The second kappa shape index (κ2) is 7.27. The summed E-state index contributed by atoms with van der Waals surface area (Å²) in [6.07, 6.45) is 0. The molecular formula is C19H23NO3. The van der Waals surface area contributed by atoms with Gasteiger partial charge >= 0.3 is 0 Å². The Balaban J connectivity index is 2.37. The second-order valence-electron chi connectivity index (χ2n) is 6.18. The van der Waals surface area contributed by atoms with Crippen molar-refractivity contribution in [2.75, 3.05) is 6.54 Å². The molecule has 4 nitrogen and oxygen atoms in total. The van der Waals surface area contributed by atoms with Crippen molar-refractivity contribution < 1.29 is 14.0 Å². The minimum absolute atomic E-state index is 0.107. The molecule has 0 aliphatic heterocycles. The lowest BCUT2D eigenvalue weighted by Gasteiger charge is -2.12. The van der Waals surface area contributed by atoms with Gasteiger partial charge in [-0.05, 0) is 11.5 Å². The number of nitrogens with one attached hydrogen (secondary N) is 1. The van der Waals surface area contributed by atoms with Crippen LogP contribution in [0.2, 0.25) is 0 Å². The van der Waals surface area contributed by atoms with Crippen molar-refractivity contribution in [2.45, 2.75) is 33.6 Å². The Kier molecular flexibility index (Phi) is 5.37. The Hall–Kier alpha value is -2.36.